The fourth-order valence-corrected chi connectivity index (χ4v) is 2.93. The zero-order chi connectivity index (χ0) is 17.4. The van der Waals surface area contributed by atoms with Crippen LogP contribution >= 0.6 is 15.9 Å². The predicted molar refractivity (Wildman–Crippen MR) is 101 cm³/mol. The first-order valence-electron chi connectivity index (χ1n) is 8.43. The second-order valence-electron chi connectivity index (χ2n) is 5.69. The van der Waals surface area contributed by atoms with Gasteiger partial charge in [0.1, 0.15) is 5.75 Å². The Labute approximate surface area is 152 Å². The molecular formula is C20H24BrNO2. The summed E-state index contributed by atoms with van der Waals surface area (Å²) in [6.45, 7) is 4.88. The average Bonchev–Trinajstić information content (AvgIpc) is 2.61. The van der Waals surface area contributed by atoms with E-state index < -0.39 is 0 Å². The van der Waals surface area contributed by atoms with Gasteiger partial charge in [0.2, 0.25) is 0 Å². The van der Waals surface area contributed by atoms with Crippen LogP contribution in [0.3, 0.4) is 0 Å². The molecule has 24 heavy (non-hydrogen) atoms. The minimum absolute atomic E-state index is 0.0120. The zero-order valence-electron chi connectivity index (χ0n) is 14.2. The third-order valence-corrected chi connectivity index (χ3v) is 4.48. The molecule has 0 aromatic heterocycles. The largest absolute Gasteiger partial charge is 0.492 e. The van der Waals surface area contributed by atoms with Gasteiger partial charge >= 0.3 is 0 Å². The Balaban J connectivity index is 2.05. The van der Waals surface area contributed by atoms with E-state index in [2.05, 4.69) is 35.1 Å². The molecule has 1 amide bonds. The first-order valence-corrected chi connectivity index (χ1v) is 9.23. The minimum atomic E-state index is -0.0773. The maximum absolute atomic E-state index is 12.5. The molecule has 4 heteroatoms. The van der Waals surface area contributed by atoms with Crippen molar-refractivity contribution in [2.45, 2.75) is 39.2 Å². The standard InChI is InChI=1S/C20H24BrNO2/c1-3-5-13-24-19-12-11-16(14-17(19)21)20(23)22-18(4-2)15-9-7-6-8-10-15/h6-12,14,18H,3-5,13H2,1-2H3,(H,22,23). The van der Waals surface area contributed by atoms with Crippen LogP contribution in [0.25, 0.3) is 0 Å². The Kier molecular flexibility index (Phi) is 7.32. The summed E-state index contributed by atoms with van der Waals surface area (Å²) < 4.78 is 6.51. The van der Waals surface area contributed by atoms with Gasteiger partial charge in [0.25, 0.3) is 5.91 Å². The molecule has 3 nitrogen and oxygen atoms in total. The number of carbonyl (C=O) groups is 1. The predicted octanol–water partition coefficient (Wildman–Crippen LogP) is 5.51. The first kappa shape index (κ1) is 18.5. The Morgan fingerprint density at radius 2 is 1.92 bits per heavy atom. The summed E-state index contributed by atoms with van der Waals surface area (Å²) in [5.74, 6) is 0.696. The van der Waals surface area contributed by atoms with Crippen LogP contribution in [0, 0.1) is 0 Å². The Bertz CT molecular complexity index is 658. The molecule has 2 aromatic rings. The maximum Gasteiger partial charge on any atom is 0.251 e. The van der Waals surface area contributed by atoms with Crippen LogP contribution in [0.5, 0.6) is 5.75 Å². The van der Waals surface area contributed by atoms with E-state index in [1.165, 1.54) is 0 Å². The highest BCUT2D eigenvalue weighted by Gasteiger charge is 2.15. The van der Waals surface area contributed by atoms with Gasteiger partial charge in [0.15, 0.2) is 0 Å². The quantitative estimate of drug-likeness (QED) is 0.604. The lowest BCUT2D eigenvalue weighted by Crippen LogP contribution is -2.28. The van der Waals surface area contributed by atoms with E-state index in [1.807, 2.05) is 42.5 Å². The van der Waals surface area contributed by atoms with Crippen LogP contribution < -0.4 is 10.1 Å². The van der Waals surface area contributed by atoms with E-state index in [0.717, 1.165) is 35.0 Å². The summed E-state index contributed by atoms with van der Waals surface area (Å²) >= 11 is 3.49. The van der Waals surface area contributed by atoms with E-state index in [1.54, 1.807) is 6.07 Å². The molecule has 0 radical (unpaired) electrons. The van der Waals surface area contributed by atoms with Crippen molar-refractivity contribution in [1.29, 1.82) is 0 Å². The molecule has 0 saturated heterocycles. The summed E-state index contributed by atoms with van der Waals surface area (Å²) in [7, 11) is 0. The molecule has 0 aliphatic rings. The molecule has 0 aliphatic heterocycles. The number of carbonyl (C=O) groups excluding carboxylic acids is 1. The number of hydrogen-bond acceptors (Lipinski definition) is 2. The van der Waals surface area contributed by atoms with Gasteiger partial charge in [0.05, 0.1) is 17.1 Å². The third kappa shape index (κ3) is 5.10. The normalized spacial score (nSPS) is 11.8. The molecule has 0 heterocycles. The van der Waals surface area contributed by atoms with Gasteiger partial charge in [-0.05, 0) is 52.5 Å². The third-order valence-electron chi connectivity index (χ3n) is 3.87. The number of ether oxygens (including phenoxy) is 1. The van der Waals surface area contributed by atoms with Gasteiger partial charge in [-0.1, -0.05) is 50.6 Å². The molecule has 0 aliphatic carbocycles. The van der Waals surface area contributed by atoms with Gasteiger partial charge < -0.3 is 10.1 Å². The fraction of sp³-hybridized carbons (Fsp3) is 0.350. The number of benzene rings is 2. The minimum Gasteiger partial charge on any atom is -0.492 e. The summed E-state index contributed by atoms with van der Waals surface area (Å²) in [5, 5.41) is 3.10. The van der Waals surface area contributed by atoms with Gasteiger partial charge in [-0.15, -0.1) is 0 Å². The monoisotopic (exact) mass is 389 g/mol. The highest BCUT2D eigenvalue weighted by Crippen LogP contribution is 2.27. The van der Waals surface area contributed by atoms with Gasteiger partial charge in [-0.3, -0.25) is 4.79 Å². The molecule has 128 valence electrons. The van der Waals surface area contributed by atoms with Crippen LogP contribution in [0.1, 0.15) is 55.1 Å². The highest BCUT2D eigenvalue weighted by atomic mass is 79.9. The van der Waals surface area contributed by atoms with Crippen molar-refractivity contribution in [2.75, 3.05) is 6.61 Å². The number of amides is 1. The maximum atomic E-state index is 12.5. The molecule has 2 rings (SSSR count). The van der Waals surface area contributed by atoms with Gasteiger partial charge in [-0.25, -0.2) is 0 Å². The molecule has 0 fully saturated rings. The van der Waals surface area contributed by atoms with Gasteiger partial charge in [0, 0.05) is 5.56 Å². The number of rotatable bonds is 8. The smallest absolute Gasteiger partial charge is 0.251 e. The Morgan fingerprint density at radius 1 is 1.17 bits per heavy atom. The highest BCUT2D eigenvalue weighted by molar-refractivity contribution is 9.10. The summed E-state index contributed by atoms with van der Waals surface area (Å²) in [6, 6.07) is 15.5. The van der Waals surface area contributed by atoms with Crippen molar-refractivity contribution in [3.8, 4) is 5.75 Å². The molecular weight excluding hydrogens is 366 g/mol. The number of hydrogen-bond donors (Lipinski definition) is 1. The van der Waals surface area contributed by atoms with Crippen molar-refractivity contribution in [2.24, 2.45) is 0 Å². The first-order chi connectivity index (χ1) is 11.7. The lowest BCUT2D eigenvalue weighted by atomic mass is 10.0. The van der Waals surface area contributed by atoms with Crippen molar-refractivity contribution < 1.29 is 9.53 Å². The molecule has 0 saturated carbocycles. The van der Waals surface area contributed by atoms with Crippen LogP contribution in [-0.4, -0.2) is 12.5 Å². The number of nitrogens with one attached hydrogen (secondary N) is 1. The molecule has 1 atom stereocenters. The second kappa shape index (κ2) is 9.48. The Morgan fingerprint density at radius 3 is 2.54 bits per heavy atom. The zero-order valence-corrected chi connectivity index (χ0v) is 15.8. The van der Waals surface area contributed by atoms with Crippen molar-refractivity contribution in [1.82, 2.24) is 5.32 Å². The molecule has 0 bridgehead atoms. The lowest BCUT2D eigenvalue weighted by Gasteiger charge is -2.18. The summed E-state index contributed by atoms with van der Waals surface area (Å²) in [4.78, 5) is 12.5. The van der Waals surface area contributed by atoms with Crippen molar-refractivity contribution in [3.63, 3.8) is 0 Å². The van der Waals surface area contributed by atoms with Crippen LogP contribution in [0.2, 0.25) is 0 Å². The SMILES string of the molecule is CCCCOc1ccc(C(=O)NC(CC)c2ccccc2)cc1Br. The number of unbranched alkanes of at least 4 members (excludes halogenated alkanes) is 1. The second-order valence-corrected chi connectivity index (χ2v) is 6.55. The van der Waals surface area contributed by atoms with Crippen molar-refractivity contribution in [3.05, 3.63) is 64.1 Å². The molecule has 1 N–H and O–H groups in total. The van der Waals surface area contributed by atoms with Crippen molar-refractivity contribution >= 4 is 21.8 Å². The lowest BCUT2D eigenvalue weighted by molar-refractivity contribution is 0.0935. The summed E-state index contributed by atoms with van der Waals surface area (Å²) in [5.41, 5.74) is 1.74. The van der Waals surface area contributed by atoms with E-state index >= 15 is 0 Å². The molecule has 2 aromatic carbocycles. The topological polar surface area (TPSA) is 38.3 Å². The van der Waals surface area contributed by atoms with Crippen LogP contribution in [0.15, 0.2) is 53.0 Å². The van der Waals surface area contributed by atoms with E-state index in [9.17, 15) is 4.79 Å². The van der Waals surface area contributed by atoms with Crippen LogP contribution in [0.4, 0.5) is 0 Å². The van der Waals surface area contributed by atoms with E-state index in [4.69, 9.17) is 4.74 Å². The molecule has 1 unspecified atom stereocenters. The molecule has 0 spiro atoms. The van der Waals surface area contributed by atoms with E-state index in [-0.39, 0.29) is 11.9 Å². The fourth-order valence-electron chi connectivity index (χ4n) is 2.43. The number of halogens is 1. The summed E-state index contributed by atoms with van der Waals surface area (Å²) in [6.07, 6.45) is 2.95. The van der Waals surface area contributed by atoms with Gasteiger partial charge in [-0.2, -0.15) is 0 Å². The van der Waals surface area contributed by atoms with Crippen LogP contribution in [-0.2, 0) is 0 Å². The van der Waals surface area contributed by atoms with E-state index in [0.29, 0.717) is 12.2 Å². The average molecular weight is 390 g/mol. The Hall–Kier alpha value is -1.81.